The number of hydrogen-bond acceptors (Lipinski definition) is 4. The monoisotopic (exact) mass is 263 g/mol. The van der Waals surface area contributed by atoms with Crippen LogP contribution >= 0.6 is 11.3 Å². The van der Waals surface area contributed by atoms with Crippen molar-refractivity contribution in [2.24, 2.45) is 11.7 Å². The fourth-order valence-electron chi connectivity index (χ4n) is 2.14. The fourth-order valence-corrected chi connectivity index (χ4v) is 2.91. The van der Waals surface area contributed by atoms with E-state index in [-0.39, 0.29) is 0 Å². The van der Waals surface area contributed by atoms with Crippen molar-refractivity contribution in [3.05, 3.63) is 23.7 Å². The van der Waals surface area contributed by atoms with E-state index in [1.165, 1.54) is 10.1 Å². The third kappa shape index (κ3) is 3.00. The number of pyridine rings is 1. The van der Waals surface area contributed by atoms with Crippen molar-refractivity contribution in [3.8, 4) is 0 Å². The van der Waals surface area contributed by atoms with Crippen LogP contribution < -0.4 is 10.6 Å². The number of rotatable bonds is 6. The van der Waals surface area contributed by atoms with E-state index < -0.39 is 0 Å². The van der Waals surface area contributed by atoms with Crippen LogP contribution in [-0.2, 0) is 0 Å². The molecule has 0 saturated carbocycles. The van der Waals surface area contributed by atoms with E-state index >= 15 is 0 Å². The van der Waals surface area contributed by atoms with Crippen molar-refractivity contribution in [3.63, 3.8) is 0 Å². The van der Waals surface area contributed by atoms with Gasteiger partial charge in [0.25, 0.3) is 0 Å². The van der Waals surface area contributed by atoms with Crippen molar-refractivity contribution in [2.75, 3.05) is 24.5 Å². The van der Waals surface area contributed by atoms with Crippen LogP contribution in [-0.4, -0.2) is 24.6 Å². The lowest BCUT2D eigenvalue weighted by atomic mass is 10.2. The van der Waals surface area contributed by atoms with Gasteiger partial charge in [-0.25, -0.2) is 4.98 Å². The first-order valence-corrected chi connectivity index (χ1v) is 7.37. The predicted octanol–water partition coefficient (Wildman–Crippen LogP) is 3.11. The number of fused-ring (bicyclic) bond motifs is 1. The molecule has 2 aromatic heterocycles. The van der Waals surface area contributed by atoms with Crippen LogP contribution in [0.2, 0.25) is 0 Å². The van der Waals surface area contributed by atoms with Crippen LogP contribution in [0.15, 0.2) is 23.7 Å². The molecular weight excluding hydrogens is 242 g/mol. The molecule has 0 aliphatic rings. The minimum atomic E-state index is 0.624. The molecule has 0 aromatic carbocycles. The molecule has 0 aliphatic heterocycles. The van der Waals surface area contributed by atoms with Gasteiger partial charge in [0.15, 0.2) is 0 Å². The minimum Gasteiger partial charge on any atom is -0.356 e. The van der Waals surface area contributed by atoms with Gasteiger partial charge in [0, 0.05) is 29.4 Å². The second-order valence-corrected chi connectivity index (χ2v) is 5.90. The van der Waals surface area contributed by atoms with Gasteiger partial charge in [-0.15, -0.1) is 11.3 Å². The molecule has 2 heterocycles. The molecule has 2 N–H and O–H groups in total. The highest BCUT2D eigenvalue weighted by molar-refractivity contribution is 7.17. The topological polar surface area (TPSA) is 42.1 Å². The van der Waals surface area contributed by atoms with E-state index in [0.29, 0.717) is 5.92 Å². The minimum absolute atomic E-state index is 0.624. The molecule has 0 radical (unpaired) electrons. The first-order valence-electron chi connectivity index (χ1n) is 6.49. The second kappa shape index (κ2) is 6.16. The van der Waals surface area contributed by atoms with Crippen molar-refractivity contribution in [1.82, 2.24) is 4.98 Å². The fraction of sp³-hybridized carbons (Fsp3) is 0.500. The van der Waals surface area contributed by atoms with E-state index in [4.69, 9.17) is 5.73 Å². The highest BCUT2D eigenvalue weighted by Gasteiger charge is 2.13. The zero-order chi connectivity index (χ0) is 13.0. The molecule has 4 heteroatoms. The van der Waals surface area contributed by atoms with Gasteiger partial charge in [0.05, 0.1) is 0 Å². The van der Waals surface area contributed by atoms with Gasteiger partial charge >= 0.3 is 0 Å². The van der Waals surface area contributed by atoms with Gasteiger partial charge in [-0.3, -0.25) is 0 Å². The number of aromatic nitrogens is 1. The molecule has 2 rings (SSSR count). The number of hydrogen-bond donors (Lipinski definition) is 1. The Morgan fingerprint density at radius 1 is 1.39 bits per heavy atom. The summed E-state index contributed by atoms with van der Waals surface area (Å²) in [5.74, 6) is 1.73. The average Bonchev–Trinajstić information content (AvgIpc) is 2.82. The molecule has 98 valence electrons. The molecular formula is C14H21N3S. The Bertz CT molecular complexity index is 492. The zero-order valence-corrected chi connectivity index (χ0v) is 11.9. The molecule has 0 spiro atoms. The summed E-state index contributed by atoms with van der Waals surface area (Å²) < 4.78 is 1.31. The normalized spacial score (nSPS) is 11.3. The lowest BCUT2D eigenvalue weighted by Crippen LogP contribution is -2.30. The summed E-state index contributed by atoms with van der Waals surface area (Å²) in [5.41, 5.74) is 5.63. The van der Waals surface area contributed by atoms with Crippen LogP contribution in [0.3, 0.4) is 0 Å². The van der Waals surface area contributed by atoms with E-state index in [0.717, 1.165) is 31.9 Å². The van der Waals surface area contributed by atoms with Gasteiger partial charge in [-0.05, 0) is 36.4 Å². The SMILES string of the molecule is CC(C)CN(CCCN)c1nccc2sccc12. The smallest absolute Gasteiger partial charge is 0.137 e. The largest absolute Gasteiger partial charge is 0.356 e. The summed E-state index contributed by atoms with van der Waals surface area (Å²) in [6.07, 6.45) is 2.92. The summed E-state index contributed by atoms with van der Waals surface area (Å²) in [7, 11) is 0. The molecule has 2 aromatic rings. The zero-order valence-electron chi connectivity index (χ0n) is 11.1. The third-order valence-corrected chi connectivity index (χ3v) is 3.76. The number of nitrogens with two attached hydrogens (primary N) is 1. The van der Waals surface area contributed by atoms with Crippen LogP contribution in [0.4, 0.5) is 5.82 Å². The summed E-state index contributed by atoms with van der Waals surface area (Å²) in [6.45, 7) is 7.22. The van der Waals surface area contributed by atoms with E-state index in [1.807, 2.05) is 6.20 Å². The van der Waals surface area contributed by atoms with E-state index in [9.17, 15) is 0 Å². The Balaban J connectivity index is 2.30. The van der Waals surface area contributed by atoms with Crippen LogP contribution in [0.1, 0.15) is 20.3 Å². The molecule has 3 nitrogen and oxygen atoms in total. The van der Waals surface area contributed by atoms with Crippen molar-refractivity contribution in [2.45, 2.75) is 20.3 Å². The van der Waals surface area contributed by atoms with E-state index in [2.05, 4.69) is 41.2 Å². The molecule has 0 bridgehead atoms. The number of nitrogens with zero attached hydrogens (tertiary/aromatic N) is 2. The van der Waals surface area contributed by atoms with Crippen molar-refractivity contribution in [1.29, 1.82) is 0 Å². The summed E-state index contributed by atoms with van der Waals surface area (Å²) in [6, 6.07) is 4.25. The highest BCUT2D eigenvalue weighted by atomic mass is 32.1. The average molecular weight is 263 g/mol. The highest BCUT2D eigenvalue weighted by Crippen LogP contribution is 2.28. The summed E-state index contributed by atoms with van der Waals surface area (Å²) in [5, 5.41) is 3.40. The van der Waals surface area contributed by atoms with Gasteiger partial charge in [-0.1, -0.05) is 13.8 Å². The predicted molar refractivity (Wildman–Crippen MR) is 80.3 cm³/mol. The molecule has 0 aliphatic carbocycles. The Labute approximate surface area is 113 Å². The van der Waals surface area contributed by atoms with Gasteiger partial charge in [0.1, 0.15) is 5.82 Å². The molecule has 0 fully saturated rings. The molecule has 0 atom stereocenters. The maximum absolute atomic E-state index is 5.63. The lowest BCUT2D eigenvalue weighted by molar-refractivity contribution is 0.598. The van der Waals surface area contributed by atoms with Gasteiger partial charge < -0.3 is 10.6 Å². The van der Waals surface area contributed by atoms with Crippen molar-refractivity contribution < 1.29 is 0 Å². The second-order valence-electron chi connectivity index (χ2n) is 4.95. The first-order chi connectivity index (χ1) is 8.72. The number of thiophene rings is 1. The van der Waals surface area contributed by atoms with Gasteiger partial charge in [0.2, 0.25) is 0 Å². The van der Waals surface area contributed by atoms with Gasteiger partial charge in [-0.2, -0.15) is 0 Å². The third-order valence-electron chi connectivity index (χ3n) is 2.88. The Morgan fingerprint density at radius 3 is 2.94 bits per heavy atom. The summed E-state index contributed by atoms with van der Waals surface area (Å²) in [4.78, 5) is 6.94. The molecule has 0 amide bonds. The standard InChI is InChI=1S/C14H21N3S/c1-11(2)10-17(8-3-6-15)14-12-5-9-18-13(12)4-7-16-14/h4-5,7,9,11H,3,6,8,10,15H2,1-2H3. The Kier molecular flexibility index (Phi) is 4.55. The summed E-state index contributed by atoms with van der Waals surface area (Å²) >= 11 is 1.77. The van der Waals surface area contributed by atoms with Crippen LogP contribution in [0.5, 0.6) is 0 Å². The Hall–Kier alpha value is -1.13. The Morgan fingerprint density at radius 2 is 2.22 bits per heavy atom. The maximum Gasteiger partial charge on any atom is 0.137 e. The quantitative estimate of drug-likeness (QED) is 0.870. The van der Waals surface area contributed by atoms with E-state index in [1.54, 1.807) is 11.3 Å². The molecule has 18 heavy (non-hydrogen) atoms. The van der Waals surface area contributed by atoms with Crippen LogP contribution in [0.25, 0.3) is 10.1 Å². The molecule has 0 saturated heterocycles. The molecule has 0 unspecified atom stereocenters. The first kappa shape index (κ1) is 13.3. The number of anilines is 1. The van der Waals surface area contributed by atoms with Crippen LogP contribution in [0, 0.1) is 5.92 Å². The maximum atomic E-state index is 5.63. The van der Waals surface area contributed by atoms with Crippen molar-refractivity contribution >= 4 is 27.2 Å². The lowest BCUT2D eigenvalue weighted by Gasteiger charge is -2.26.